The van der Waals surface area contributed by atoms with Gasteiger partial charge in [-0.2, -0.15) is 4.31 Å². The summed E-state index contributed by atoms with van der Waals surface area (Å²) in [5.41, 5.74) is 2.39. The van der Waals surface area contributed by atoms with Gasteiger partial charge < -0.3 is 10.2 Å². The van der Waals surface area contributed by atoms with Crippen molar-refractivity contribution in [2.75, 3.05) is 26.2 Å². The number of nitrogens with one attached hydrogen (secondary N) is 1. The highest BCUT2D eigenvalue weighted by atomic mass is 32.2. The van der Waals surface area contributed by atoms with Crippen molar-refractivity contribution < 1.29 is 18.0 Å². The van der Waals surface area contributed by atoms with Crippen LogP contribution in [-0.2, 0) is 32.5 Å². The van der Waals surface area contributed by atoms with Gasteiger partial charge in [0.2, 0.25) is 21.8 Å². The molecule has 0 radical (unpaired) electrons. The third-order valence-electron chi connectivity index (χ3n) is 5.80. The number of nitrogens with zero attached hydrogens (tertiary/aromatic N) is 2. The van der Waals surface area contributed by atoms with Crippen LogP contribution in [0.1, 0.15) is 44.7 Å². The predicted octanol–water partition coefficient (Wildman–Crippen LogP) is 1.56. The van der Waals surface area contributed by atoms with E-state index in [1.54, 1.807) is 11.0 Å². The minimum absolute atomic E-state index is 0.0383. The van der Waals surface area contributed by atoms with Crippen LogP contribution < -0.4 is 5.32 Å². The van der Waals surface area contributed by atoms with Gasteiger partial charge >= 0.3 is 0 Å². The Morgan fingerprint density at radius 2 is 1.62 bits per heavy atom. The zero-order valence-corrected chi connectivity index (χ0v) is 18.3. The van der Waals surface area contributed by atoms with E-state index in [0.717, 1.165) is 31.2 Å². The summed E-state index contributed by atoms with van der Waals surface area (Å²) >= 11 is 0. The maximum atomic E-state index is 13.1. The Morgan fingerprint density at radius 3 is 2.21 bits per heavy atom. The van der Waals surface area contributed by atoms with Gasteiger partial charge in [0.1, 0.15) is 6.04 Å². The Hall–Kier alpha value is -1.93. The lowest BCUT2D eigenvalue weighted by Crippen LogP contribution is -2.56. The molecule has 0 aromatic heterocycles. The lowest BCUT2D eigenvalue weighted by atomic mass is 9.92. The standard InChI is InChI=1S/C21H31N3O4S/c1-15(2)20(22-16(3)25)21(26)23-10-12-24(13-11-23)29(27,28)19-9-8-17-6-4-5-7-18(17)14-19/h8-9,14-15,20H,4-7,10-13H2,1-3H3,(H,22,25)/t20-/m0/s1. The number of hydrogen-bond donors (Lipinski definition) is 1. The van der Waals surface area contributed by atoms with E-state index in [-0.39, 0.29) is 30.8 Å². The summed E-state index contributed by atoms with van der Waals surface area (Å²) in [6.07, 6.45) is 4.20. The van der Waals surface area contributed by atoms with Crippen molar-refractivity contribution in [2.45, 2.75) is 57.4 Å². The van der Waals surface area contributed by atoms with Crippen molar-refractivity contribution in [3.05, 3.63) is 29.3 Å². The highest BCUT2D eigenvalue weighted by Crippen LogP contribution is 2.26. The molecule has 1 fully saturated rings. The zero-order chi connectivity index (χ0) is 21.2. The van der Waals surface area contributed by atoms with Crippen molar-refractivity contribution in [3.63, 3.8) is 0 Å². The number of fused-ring (bicyclic) bond motifs is 1. The van der Waals surface area contributed by atoms with Crippen molar-refractivity contribution in [1.29, 1.82) is 0 Å². The first-order valence-electron chi connectivity index (χ1n) is 10.4. The fraction of sp³-hybridized carbons (Fsp3) is 0.619. The average Bonchev–Trinajstić information content (AvgIpc) is 2.71. The van der Waals surface area contributed by atoms with Crippen LogP contribution in [0, 0.1) is 5.92 Å². The van der Waals surface area contributed by atoms with Gasteiger partial charge in [-0.25, -0.2) is 8.42 Å². The molecule has 8 heteroatoms. The second-order valence-corrected chi connectivity index (χ2v) is 10.2. The highest BCUT2D eigenvalue weighted by molar-refractivity contribution is 7.89. The minimum atomic E-state index is -3.57. The van der Waals surface area contributed by atoms with Gasteiger partial charge in [-0.15, -0.1) is 0 Å². The molecule has 1 aromatic rings. The Balaban J connectivity index is 1.68. The zero-order valence-electron chi connectivity index (χ0n) is 17.5. The smallest absolute Gasteiger partial charge is 0.245 e. The van der Waals surface area contributed by atoms with Gasteiger partial charge in [-0.1, -0.05) is 19.9 Å². The molecule has 3 rings (SSSR count). The number of piperazine rings is 1. The molecule has 1 saturated heterocycles. The summed E-state index contributed by atoms with van der Waals surface area (Å²) in [6.45, 7) is 6.33. The molecule has 1 aromatic carbocycles. The largest absolute Gasteiger partial charge is 0.344 e. The molecule has 2 amide bonds. The van der Waals surface area contributed by atoms with Gasteiger partial charge in [0.05, 0.1) is 4.90 Å². The van der Waals surface area contributed by atoms with Gasteiger partial charge in [-0.3, -0.25) is 9.59 Å². The summed E-state index contributed by atoms with van der Waals surface area (Å²) in [5.74, 6) is -0.435. The molecule has 2 aliphatic rings. The molecule has 160 valence electrons. The average molecular weight is 422 g/mol. The van der Waals surface area contributed by atoms with E-state index in [2.05, 4.69) is 5.32 Å². The molecule has 0 saturated carbocycles. The third kappa shape index (κ3) is 4.80. The van der Waals surface area contributed by atoms with Gasteiger partial charge in [0.25, 0.3) is 0 Å². The molecule has 7 nitrogen and oxygen atoms in total. The van der Waals surface area contributed by atoms with E-state index in [4.69, 9.17) is 0 Å². The number of rotatable bonds is 5. The topological polar surface area (TPSA) is 86.8 Å². The summed E-state index contributed by atoms with van der Waals surface area (Å²) in [7, 11) is -3.57. The SMILES string of the molecule is CC(=O)N[C@H](C(=O)N1CCN(S(=O)(=O)c2ccc3c(c2)CCCC3)CC1)C(C)C. The van der Waals surface area contributed by atoms with Crippen LogP contribution >= 0.6 is 0 Å². The highest BCUT2D eigenvalue weighted by Gasteiger charge is 2.34. The van der Waals surface area contributed by atoms with Gasteiger partial charge in [0, 0.05) is 33.1 Å². The molecule has 1 aliphatic carbocycles. The van der Waals surface area contributed by atoms with E-state index < -0.39 is 16.1 Å². The lowest BCUT2D eigenvalue weighted by molar-refractivity contribution is -0.138. The first-order chi connectivity index (χ1) is 13.7. The first-order valence-corrected chi connectivity index (χ1v) is 11.8. The van der Waals surface area contributed by atoms with Crippen LogP contribution in [0.5, 0.6) is 0 Å². The van der Waals surface area contributed by atoms with Crippen LogP contribution in [0.4, 0.5) is 0 Å². The van der Waals surface area contributed by atoms with Crippen LogP contribution in [0.2, 0.25) is 0 Å². The number of hydrogen-bond acceptors (Lipinski definition) is 4. The third-order valence-corrected chi connectivity index (χ3v) is 7.69. The monoisotopic (exact) mass is 421 g/mol. The van der Waals surface area contributed by atoms with Crippen molar-refractivity contribution >= 4 is 21.8 Å². The molecular weight excluding hydrogens is 390 g/mol. The first kappa shape index (κ1) is 21.8. The van der Waals surface area contributed by atoms with Crippen LogP contribution in [-0.4, -0.2) is 61.7 Å². The quantitative estimate of drug-likeness (QED) is 0.782. The molecular formula is C21H31N3O4S. The van der Waals surface area contributed by atoms with Crippen LogP contribution in [0.3, 0.4) is 0 Å². The molecule has 29 heavy (non-hydrogen) atoms. The predicted molar refractivity (Wildman–Crippen MR) is 111 cm³/mol. The molecule has 0 spiro atoms. The molecule has 1 aliphatic heterocycles. The van der Waals surface area contributed by atoms with E-state index in [1.807, 2.05) is 26.0 Å². The maximum absolute atomic E-state index is 13.1. The second kappa shape index (κ2) is 8.83. The van der Waals surface area contributed by atoms with Crippen LogP contribution in [0.25, 0.3) is 0 Å². The van der Waals surface area contributed by atoms with Crippen molar-refractivity contribution in [3.8, 4) is 0 Å². The number of carbonyl (C=O) groups excluding carboxylic acids is 2. The van der Waals surface area contributed by atoms with Crippen LogP contribution in [0.15, 0.2) is 23.1 Å². The van der Waals surface area contributed by atoms with E-state index in [0.29, 0.717) is 18.0 Å². The lowest BCUT2D eigenvalue weighted by Gasteiger charge is -2.36. The summed E-state index contributed by atoms with van der Waals surface area (Å²) in [4.78, 5) is 26.2. The van der Waals surface area contributed by atoms with E-state index >= 15 is 0 Å². The Bertz CT molecular complexity index is 874. The van der Waals surface area contributed by atoms with Crippen molar-refractivity contribution in [1.82, 2.24) is 14.5 Å². The van der Waals surface area contributed by atoms with Gasteiger partial charge in [-0.05, 0) is 54.9 Å². The number of benzene rings is 1. The number of aryl methyl sites for hydroxylation is 2. The molecule has 1 N–H and O–H groups in total. The number of amides is 2. The fourth-order valence-electron chi connectivity index (χ4n) is 4.10. The minimum Gasteiger partial charge on any atom is -0.344 e. The fourth-order valence-corrected chi connectivity index (χ4v) is 5.57. The normalized spacial score (nSPS) is 19.0. The second-order valence-electron chi connectivity index (χ2n) is 8.29. The summed E-state index contributed by atoms with van der Waals surface area (Å²) < 4.78 is 27.7. The molecule has 0 unspecified atom stereocenters. The molecule has 0 bridgehead atoms. The number of carbonyl (C=O) groups is 2. The summed E-state index contributed by atoms with van der Waals surface area (Å²) in [5, 5.41) is 2.71. The Kier molecular flexibility index (Phi) is 6.63. The van der Waals surface area contributed by atoms with E-state index in [9.17, 15) is 18.0 Å². The maximum Gasteiger partial charge on any atom is 0.245 e. The molecule has 1 heterocycles. The Labute approximate surface area is 173 Å². The summed E-state index contributed by atoms with van der Waals surface area (Å²) in [6, 6.07) is 4.90. The molecule has 1 atom stereocenters. The van der Waals surface area contributed by atoms with E-state index in [1.165, 1.54) is 16.8 Å². The Morgan fingerprint density at radius 1 is 1.00 bits per heavy atom. The van der Waals surface area contributed by atoms with Gasteiger partial charge in [0.15, 0.2) is 0 Å². The van der Waals surface area contributed by atoms with Crippen molar-refractivity contribution in [2.24, 2.45) is 5.92 Å². The number of sulfonamides is 1.